The second-order valence-corrected chi connectivity index (χ2v) is 11.6. The fraction of sp³-hybridized carbons (Fsp3) is 0.440. The van der Waals surface area contributed by atoms with Crippen LogP contribution in [-0.4, -0.2) is 71.8 Å². The summed E-state index contributed by atoms with van der Waals surface area (Å²) in [6, 6.07) is 3.54. The summed E-state index contributed by atoms with van der Waals surface area (Å²) in [4.78, 5) is 24.2. The maximum Gasteiger partial charge on any atom is 0.276 e. The number of nitrogens with two attached hydrogens (primary N) is 1. The van der Waals surface area contributed by atoms with Crippen molar-refractivity contribution in [3.63, 3.8) is 0 Å². The number of amides is 1. The number of carbonyl (C=O) groups excluding carboxylic acids is 1. The molecule has 14 heteroatoms. The molecular weight excluding hydrogens is 522 g/mol. The number of piperidine rings is 1. The molecule has 3 aliphatic rings. The van der Waals surface area contributed by atoms with Crippen LogP contribution in [0.1, 0.15) is 72.7 Å². The Morgan fingerprint density at radius 2 is 1.95 bits per heavy atom. The van der Waals surface area contributed by atoms with E-state index < -0.39 is 16.7 Å². The van der Waals surface area contributed by atoms with Crippen LogP contribution in [0.25, 0.3) is 16.8 Å². The maximum absolute atomic E-state index is 13.1. The molecular formula is C25H26N9O4S-. The number of aromatic amines is 1. The monoisotopic (exact) mass is 548 g/mol. The Kier molecular flexibility index (Phi) is 5.54. The molecule has 4 N–H and O–H groups in total. The van der Waals surface area contributed by atoms with E-state index in [4.69, 9.17) is 10.7 Å². The van der Waals surface area contributed by atoms with E-state index in [1.165, 1.54) is 10.7 Å². The normalized spacial score (nSPS) is 24.6. The molecule has 0 radical (unpaired) electrons. The van der Waals surface area contributed by atoms with Crippen molar-refractivity contribution in [1.29, 1.82) is 0 Å². The van der Waals surface area contributed by atoms with Crippen molar-refractivity contribution in [3.05, 3.63) is 47.8 Å². The van der Waals surface area contributed by atoms with Gasteiger partial charge in [0.1, 0.15) is 11.4 Å². The van der Waals surface area contributed by atoms with Crippen LogP contribution in [0.2, 0.25) is 0 Å². The number of carbonyl (C=O) groups is 1. The number of fused-ring (bicyclic) bond motifs is 3. The first-order valence-corrected chi connectivity index (χ1v) is 14.1. The van der Waals surface area contributed by atoms with Crippen molar-refractivity contribution in [2.45, 2.75) is 73.4 Å². The standard InChI is InChI=1S/C25H27N9O4S/c26-22-21(39(37)38)20(14-8-15-3-4-16(9-14)33(15)24(35)18-12-28-32-31-18)30-23-17(11-29-34(22)23)13-2-5-19(27-10-13)25(36)6-1-7-25/h2,5,10-12,14-16,36H,1,3-4,6-9,26H2,(H,37,38)(H,28,31,32)/p-1/t14?,15-,16+. The molecule has 6 heterocycles. The first-order valence-electron chi connectivity index (χ1n) is 13.0. The molecule has 4 aromatic rings. The molecule has 202 valence electrons. The number of pyridine rings is 1. The average molecular weight is 549 g/mol. The lowest BCUT2D eigenvalue weighted by Gasteiger charge is -2.39. The van der Waals surface area contributed by atoms with Gasteiger partial charge in [-0.25, -0.2) is 4.98 Å². The minimum Gasteiger partial charge on any atom is -0.768 e. The van der Waals surface area contributed by atoms with Crippen LogP contribution in [0.4, 0.5) is 5.82 Å². The Morgan fingerprint density at radius 3 is 2.54 bits per heavy atom. The second-order valence-electron chi connectivity index (χ2n) is 10.7. The predicted octanol–water partition coefficient (Wildman–Crippen LogP) is 1.65. The third-order valence-corrected chi connectivity index (χ3v) is 9.30. The molecule has 1 amide bonds. The number of nitrogens with one attached hydrogen (secondary N) is 1. The van der Waals surface area contributed by atoms with Gasteiger partial charge in [-0.3, -0.25) is 14.0 Å². The summed E-state index contributed by atoms with van der Waals surface area (Å²) in [6.45, 7) is 0. The fourth-order valence-electron chi connectivity index (χ4n) is 6.43. The van der Waals surface area contributed by atoms with Gasteiger partial charge in [-0.2, -0.15) is 25.0 Å². The topological polar surface area (TPSA) is 191 Å². The molecule has 7 rings (SSSR count). The summed E-state index contributed by atoms with van der Waals surface area (Å²) in [6.07, 6.45) is 9.80. The highest BCUT2D eigenvalue weighted by Crippen LogP contribution is 2.45. The Balaban J connectivity index is 1.26. The van der Waals surface area contributed by atoms with Crippen molar-refractivity contribution in [2.75, 3.05) is 5.73 Å². The number of aliphatic hydroxyl groups is 1. The third-order valence-electron chi connectivity index (χ3n) is 8.55. The number of hydrogen-bond donors (Lipinski definition) is 3. The van der Waals surface area contributed by atoms with E-state index in [2.05, 4.69) is 25.5 Å². The van der Waals surface area contributed by atoms with E-state index in [0.717, 1.165) is 24.8 Å². The molecule has 39 heavy (non-hydrogen) atoms. The summed E-state index contributed by atoms with van der Waals surface area (Å²) >= 11 is -2.64. The van der Waals surface area contributed by atoms with Gasteiger partial charge in [-0.05, 0) is 62.1 Å². The Labute approximate surface area is 225 Å². The molecule has 3 fully saturated rings. The second kappa shape index (κ2) is 8.89. The minimum atomic E-state index is -2.64. The summed E-state index contributed by atoms with van der Waals surface area (Å²) < 4.78 is 26.1. The van der Waals surface area contributed by atoms with Crippen molar-refractivity contribution < 1.29 is 18.7 Å². The number of hydrogen-bond acceptors (Lipinski definition) is 10. The van der Waals surface area contributed by atoms with Gasteiger partial charge in [0.25, 0.3) is 5.91 Å². The highest BCUT2D eigenvalue weighted by Gasteiger charge is 2.45. The van der Waals surface area contributed by atoms with E-state index in [1.54, 1.807) is 12.4 Å². The van der Waals surface area contributed by atoms with E-state index in [0.29, 0.717) is 48.3 Å². The number of nitrogen functional groups attached to an aromatic ring is 1. The Bertz CT molecular complexity index is 1590. The smallest absolute Gasteiger partial charge is 0.276 e. The van der Waals surface area contributed by atoms with Gasteiger partial charge in [0.15, 0.2) is 11.3 Å². The van der Waals surface area contributed by atoms with E-state index >= 15 is 0 Å². The van der Waals surface area contributed by atoms with Gasteiger partial charge in [0.2, 0.25) is 0 Å². The van der Waals surface area contributed by atoms with Crippen molar-refractivity contribution in [3.8, 4) is 11.1 Å². The van der Waals surface area contributed by atoms with E-state index in [-0.39, 0.29) is 40.3 Å². The molecule has 1 saturated carbocycles. The van der Waals surface area contributed by atoms with Crippen LogP contribution in [0.3, 0.4) is 0 Å². The van der Waals surface area contributed by atoms with Gasteiger partial charge in [0.05, 0.1) is 28.7 Å². The van der Waals surface area contributed by atoms with Crippen LogP contribution >= 0.6 is 0 Å². The molecule has 2 bridgehead atoms. The van der Waals surface area contributed by atoms with Crippen molar-refractivity contribution in [2.24, 2.45) is 0 Å². The molecule has 2 unspecified atom stereocenters. The van der Waals surface area contributed by atoms with Gasteiger partial charge >= 0.3 is 0 Å². The Hall–Kier alpha value is -3.75. The van der Waals surface area contributed by atoms with Crippen LogP contribution in [0, 0.1) is 0 Å². The summed E-state index contributed by atoms with van der Waals surface area (Å²) in [7, 11) is 0. The van der Waals surface area contributed by atoms with Gasteiger partial charge in [-0.15, -0.1) is 0 Å². The van der Waals surface area contributed by atoms with Crippen LogP contribution in [0.15, 0.2) is 35.6 Å². The first kappa shape index (κ1) is 24.3. The zero-order valence-corrected chi connectivity index (χ0v) is 21.7. The van der Waals surface area contributed by atoms with Crippen LogP contribution in [0.5, 0.6) is 0 Å². The number of H-pyrrole nitrogens is 1. The lowest BCUT2D eigenvalue weighted by molar-refractivity contribution is -0.0426. The largest absolute Gasteiger partial charge is 0.768 e. The van der Waals surface area contributed by atoms with Gasteiger partial charge in [-0.1, -0.05) is 6.07 Å². The molecule has 1 aliphatic carbocycles. The molecule has 0 spiro atoms. The highest BCUT2D eigenvalue weighted by atomic mass is 32.2. The van der Waals surface area contributed by atoms with Crippen molar-refractivity contribution >= 4 is 28.5 Å². The molecule has 4 atom stereocenters. The quantitative estimate of drug-likeness (QED) is 0.309. The van der Waals surface area contributed by atoms with Crippen molar-refractivity contribution in [1.82, 2.24) is 39.9 Å². The first-order chi connectivity index (χ1) is 18.8. The summed E-state index contributed by atoms with van der Waals surface area (Å²) in [5.74, 6) is -0.387. The molecule has 0 aromatic carbocycles. The third kappa shape index (κ3) is 3.77. The fourth-order valence-corrected chi connectivity index (χ4v) is 7.07. The maximum atomic E-state index is 13.1. The summed E-state index contributed by atoms with van der Waals surface area (Å²) in [5, 5.41) is 25.1. The lowest BCUT2D eigenvalue weighted by Crippen LogP contribution is -2.46. The predicted molar refractivity (Wildman–Crippen MR) is 137 cm³/mol. The number of rotatable bonds is 5. The highest BCUT2D eigenvalue weighted by molar-refractivity contribution is 7.79. The van der Waals surface area contributed by atoms with Crippen LogP contribution < -0.4 is 5.73 Å². The van der Waals surface area contributed by atoms with E-state index in [9.17, 15) is 18.7 Å². The lowest BCUT2D eigenvalue weighted by atomic mass is 9.77. The Morgan fingerprint density at radius 1 is 1.18 bits per heavy atom. The molecule has 4 aromatic heterocycles. The van der Waals surface area contributed by atoms with Gasteiger partial charge < -0.3 is 20.3 Å². The average Bonchev–Trinajstić information content (AvgIpc) is 3.65. The SMILES string of the molecule is Nc1c(S(=O)[O-])c(C2C[C@H]3CC[C@@H](C2)N3C(=O)c2cn[nH]n2)nc2c(-c3ccc(C4(O)CCC4)nc3)cnn12. The minimum absolute atomic E-state index is 0.00334. The van der Waals surface area contributed by atoms with Gasteiger partial charge in [0, 0.05) is 35.3 Å². The molecule has 13 nitrogen and oxygen atoms in total. The van der Waals surface area contributed by atoms with Crippen LogP contribution in [-0.2, 0) is 16.7 Å². The zero-order chi connectivity index (χ0) is 26.9. The zero-order valence-electron chi connectivity index (χ0n) is 20.9. The molecule has 2 aliphatic heterocycles. The number of anilines is 1. The molecule has 2 saturated heterocycles. The summed E-state index contributed by atoms with van der Waals surface area (Å²) in [5.41, 5.74) is 8.64. The number of nitrogens with zero attached hydrogens (tertiary/aromatic N) is 7. The number of aromatic nitrogens is 7. The van der Waals surface area contributed by atoms with E-state index in [1.807, 2.05) is 17.0 Å².